The molecular weight excluding hydrogens is 364 g/mol. The minimum atomic E-state index is 0.0299. The third kappa shape index (κ3) is 6.15. The molecule has 0 saturated carbocycles. The Hall–Kier alpha value is -2.18. The van der Waals surface area contributed by atoms with Gasteiger partial charge in [0.15, 0.2) is 0 Å². The molecule has 2 aromatic rings. The molecule has 1 aliphatic heterocycles. The van der Waals surface area contributed by atoms with Crippen LogP contribution in [0.25, 0.3) is 0 Å². The van der Waals surface area contributed by atoms with Crippen LogP contribution in [0.15, 0.2) is 30.3 Å². The van der Waals surface area contributed by atoms with E-state index in [0.29, 0.717) is 25.5 Å². The molecule has 0 bridgehead atoms. The summed E-state index contributed by atoms with van der Waals surface area (Å²) < 4.78 is 7.89. The third-order valence-electron chi connectivity index (χ3n) is 5.41. The van der Waals surface area contributed by atoms with E-state index in [1.807, 2.05) is 17.7 Å². The average molecular weight is 399 g/mol. The minimum Gasteiger partial charge on any atom is -0.374 e. The molecule has 29 heavy (non-hydrogen) atoms. The second-order valence-electron chi connectivity index (χ2n) is 8.42. The van der Waals surface area contributed by atoms with Crippen molar-refractivity contribution in [2.24, 2.45) is 5.92 Å². The largest absolute Gasteiger partial charge is 0.374 e. The van der Waals surface area contributed by atoms with Crippen molar-refractivity contribution < 1.29 is 9.53 Å². The number of carbonyl (C=O) groups is 1. The first-order valence-corrected chi connectivity index (χ1v) is 10.6. The molecule has 0 spiro atoms. The first-order valence-electron chi connectivity index (χ1n) is 10.6. The van der Waals surface area contributed by atoms with Gasteiger partial charge in [-0.3, -0.25) is 14.4 Å². The van der Waals surface area contributed by atoms with Crippen LogP contribution in [0.5, 0.6) is 0 Å². The monoisotopic (exact) mass is 398 g/mol. The number of benzene rings is 1. The Morgan fingerprint density at radius 3 is 2.76 bits per heavy atom. The Bertz CT molecular complexity index is 801. The zero-order valence-corrected chi connectivity index (χ0v) is 18.1. The van der Waals surface area contributed by atoms with Gasteiger partial charge in [0.05, 0.1) is 24.8 Å². The molecule has 1 saturated heterocycles. The summed E-state index contributed by atoms with van der Waals surface area (Å²) in [6, 6.07) is 10.5. The molecule has 0 radical (unpaired) electrons. The Morgan fingerprint density at radius 2 is 2.03 bits per heavy atom. The van der Waals surface area contributed by atoms with Gasteiger partial charge in [0, 0.05) is 44.0 Å². The maximum Gasteiger partial charge on any atom is 0.224 e. The number of morpholine rings is 1. The molecule has 1 unspecified atom stereocenters. The highest BCUT2D eigenvalue weighted by Gasteiger charge is 2.22. The molecule has 1 aliphatic rings. The lowest BCUT2D eigenvalue weighted by atomic mass is 10.1. The van der Waals surface area contributed by atoms with Gasteiger partial charge < -0.3 is 10.1 Å². The summed E-state index contributed by atoms with van der Waals surface area (Å²) in [7, 11) is 0. The number of carbonyl (C=O) groups excluding carboxylic acids is 1. The number of aromatic nitrogens is 2. The van der Waals surface area contributed by atoms with E-state index in [4.69, 9.17) is 4.74 Å². The normalized spacial score (nSPS) is 17.6. The molecular formula is C23H34N4O2. The second kappa shape index (κ2) is 10.0. The fraction of sp³-hybridized carbons (Fsp3) is 0.565. The number of hydrogen-bond acceptors (Lipinski definition) is 4. The summed E-state index contributed by atoms with van der Waals surface area (Å²) >= 11 is 0. The van der Waals surface area contributed by atoms with Crippen molar-refractivity contribution in [3.8, 4) is 0 Å². The van der Waals surface area contributed by atoms with E-state index in [0.717, 1.165) is 43.1 Å². The van der Waals surface area contributed by atoms with Crippen molar-refractivity contribution in [1.29, 1.82) is 0 Å². The summed E-state index contributed by atoms with van der Waals surface area (Å²) in [5.74, 6) is 0.557. The standard InChI is InChI=1S/C23H34N4O2/c1-17(2)14-27-19(4)22(18(3)25-27)12-23(28)24-13-21-16-26(10-11-29-21)15-20-8-6-5-7-9-20/h5-9,17,21H,10-16H2,1-4H3,(H,24,28). The van der Waals surface area contributed by atoms with Crippen molar-refractivity contribution in [2.75, 3.05) is 26.2 Å². The molecule has 0 aliphatic carbocycles. The van der Waals surface area contributed by atoms with Gasteiger partial charge in [0.2, 0.25) is 5.91 Å². The molecule has 1 atom stereocenters. The van der Waals surface area contributed by atoms with Crippen molar-refractivity contribution in [2.45, 2.75) is 53.3 Å². The lowest BCUT2D eigenvalue weighted by molar-refractivity contribution is -0.121. The number of nitrogens with zero attached hydrogens (tertiary/aromatic N) is 3. The third-order valence-corrected chi connectivity index (χ3v) is 5.41. The average Bonchev–Trinajstić information content (AvgIpc) is 2.94. The highest BCUT2D eigenvalue weighted by atomic mass is 16.5. The molecule has 1 amide bonds. The lowest BCUT2D eigenvalue weighted by Crippen LogP contribution is -2.47. The van der Waals surface area contributed by atoms with Gasteiger partial charge in [-0.2, -0.15) is 5.10 Å². The summed E-state index contributed by atoms with van der Waals surface area (Å²) in [4.78, 5) is 14.9. The van der Waals surface area contributed by atoms with Crippen molar-refractivity contribution in [3.63, 3.8) is 0 Å². The Balaban J connectivity index is 1.48. The van der Waals surface area contributed by atoms with Crippen LogP contribution >= 0.6 is 0 Å². The number of nitrogens with one attached hydrogen (secondary N) is 1. The van der Waals surface area contributed by atoms with Gasteiger partial charge in [-0.15, -0.1) is 0 Å². The first kappa shape index (κ1) is 21.5. The highest BCUT2D eigenvalue weighted by molar-refractivity contribution is 5.79. The number of hydrogen-bond donors (Lipinski definition) is 1. The fourth-order valence-corrected chi connectivity index (χ4v) is 3.85. The molecule has 1 N–H and O–H groups in total. The van der Waals surface area contributed by atoms with Gasteiger partial charge in [0.25, 0.3) is 0 Å². The smallest absolute Gasteiger partial charge is 0.224 e. The SMILES string of the molecule is Cc1nn(CC(C)C)c(C)c1CC(=O)NCC1CN(Cc2ccccc2)CCO1. The van der Waals surface area contributed by atoms with Crippen LogP contribution in [0.2, 0.25) is 0 Å². The Morgan fingerprint density at radius 1 is 1.28 bits per heavy atom. The molecule has 6 nitrogen and oxygen atoms in total. The van der Waals surface area contributed by atoms with E-state index in [2.05, 4.69) is 60.4 Å². The second-order valence-corrected chi connectivity index (χ2v) is 8.42. The Kier molecular flexibility index (Phi) is 7.45. The van der Waals surface area contributed by atoms with E-state index in [-0.39, 0.29) is 12.0 Å². The van der Waals surface area contributed by atoms with Crippen molar-refractivity contribution in [3.05, 3.63) is 52.8 Å². The van der Waals surface area contributed by atoms with E-state index >= 15 is 0 Å². The maximum absolute atomic E-state index is 12.5. The zero-order chi connectivity index (χ0) is 20.8. The molecule has 158 valence electrons. The zero-order valence-electron chi connectivity index (χ0n) is 18.1. The summed E-state index contributed by atoms with van der Waals surface area (Å²) in [5.41, 5.74) is 4.38. The highest BCUT2D eigenvalue weighted by Crippen LogP contribution is 2.15. The number of rotatable bonds is 8. The quantitative estimate of drug-likeness (QED) is 0.743. The fourth-order valence-electron chi connectivity index (χ4n) is 3.85. The number of ether oxygens (including phenoxy) is 1. The van der Waals surface area contributed by atoms with Crippen LogP contribution in [0, 0.1) is 19.8 Å². The predicted molar refractivity (Wildman–Crippen MR) is 115 cm³/mol. The van der Waals surface area contributed by atoms with Gasteiger partial charge in [0.1, 0.15) is 0 Å². The van der Waals surface area contributed by atoms with Gasteiger partial charge >= 0.3 is 0 Å². The first-order chi connectivity index (χ1) is 13.9. The lowest BCUT2D eigenvalue weighted by Gasteiger charge is -2.33. The van der Waals surface area contributed by atoms with Gasteiger partial charge in [-0.25, -0.2) is 0 Å². The van der Waals surface area contributed by atoms with Crippen LogP contribution in [0.1, 0.15) is 36.4 Å². The molecule has 6 heteroatoms. The van der Waals surface area contributed by atoms with Crippen molar-refractivity contribution in [1.82, 2.24) is 20.0 Å². The Labute approximate surface area is 174 Å². The maximum atomic E-state index is 12.5. The summed E-state index contributed by atoms with van der Waals surface area (Å²) in [6.45, 7) is 13.2. The van der Waals surface area contributed by atoms with Gasteiger partial charge in [-0.05, 0) is 25.3 Å². The van der Waals surface area contributed by atoms with Crippen LogP contribution in [-0.2, 0) is 29.0 Å². The van der Waals surface area contributed by atoms with E-state index < -0.39 is 0 Å². The van der Waals surface area contributed by atoms with Crippen LogP contribution < -0.4 is 5.32 Å². The van der Waals surface area contributed by atoms with Crippen LogP contribution in [0.3, 0.4) is 0 Å². The van der Waals surface area contributed by atoms with E-state index in [1.54, 1.807) is 0 Å². The molecule has 3 rings (SSSR count). The molecule has 1 aromatic heterocycles. The van der Waals surface area contributed by atoms with E-state index in [9.17, 15) is 4.79 Å². The van der Waals surface area contributed by atoms with Crippen LogP contribution in [-0.4, -0.2) is 52.9 Å². The minimum absolute atomic E-state index is 0.0299. The predicted octanol–water partition coefficient (Wildman–Crippen LogP) is 2.72. The number of amides is 1. The summed E-state index contributed by atoms with van der Waals surface area (Å²) in [5, 5.41) is 7.67. The molecule has 1 fully saturated rings. The number of aryl methyl sites for hydroxylation is 1. The van der Waals surface area contributed by atoms with Crippen molar-refractivity contribution >= 4 is 5.91 Å². The molecule has 2 heterocycles. The topological polar surface area (TPSA) is 59.4 Å². The van der Waals surface area contributed by atoms with Crippen LogP contribution in [0.4, 0.5) is 0 Å². The van der Waals surface area contributed by atoms with E-state index in [1.165, 1.54) is 5.56 Å². The summed E-state index contributed by atoms with van der Waals surface area (Å²) in [6.07, 6.45) is 0.401. The molecule has 1 aromatic carbocycles. The van der Waals surface area contributed by atoms with Gasteiger partial charge in [-0.1, -0.05) is 44.2 Å².